The molecular weight excluding hydrogens is 532 g/mol. The molecular formula is C30H29F2N5O4. The van der Waals surface area contributed by atoms with Crippen LogP contribution in [-0.4, -0.2) is 51.6 Å². The molecule has 3 aromatic heterocycles. The maximum Gasteiger partial charge on any atom is 0.409 e. The van der Waals surface area contributed by atoms with E-state index in [2.05, 4.69) is 5.16 Å². The number of carbonyl (C=O) groups is 2. The Morgan fingerprint density at radius 2 is 1.95 bits per heavy atom. The molecule has 4 aromatic rings. The zero-order valence-electron chi connectivity index (χ0n) is 23.0. The van der Waals surface area contributed by atoms with E-state index in [-0.39, 0.29) is 11.6 Å². The second-order valence-corrected chi connectivity index (χ2v) is 10.4. The van der Waals surface area contributed by atoms with Gasteiger partial charge in [-0.1, -0.05) is 11.2 Å². The molecule has 0 spiro atoms. The monoisotopic (exact) mass is 561 g/mol. The smallest absolute Gasteiger partial charge is 0.409 e. The second-order valence-electron chi connectivity index (χ2n) is 10.4. The minimum absolute atomic E-state index is 0.179. The molecule has 0 N–H and O–H groups in total. The number of benzene rings is 1. The van der Waals surface area contributed by atoms with Crippen molar-refractivity contribution in [3.05, 3.63) is 77.1 Å². The van der Waals surface area contributed by atoms with Gasteiger partial charge in [0, 0.05) is 43.0 Å². The average molecular weight is 562 g/mol. The van der Waals surface area contributed by atoms with Crippen molar-refractivity contribution >= 4 is 28.9 Å². The van der Waals surface area contributed by atoms with Gasteiger partial charge >= 0.3 is 6.09 Å². The number of aryl methyl sites for hydroxylation is 2. The number of aromatic nitrogens is 3. The SMILES string of the molecule is COC(=O)N1CC=C(c2c(C3CCCC(=O)N3c3ccc(F)c(F)c3)nc3cc(-c4c(C)noc4C)ccn23)CC1. The summed E-state index contributed by atoms with van der Waals surface area (Å²) in [6.45, 7) is 4.56. The van der Waals surface area contributed by atoms with E-state index < -0.39 is 23.8 Å². The summed E-state index contributed by atoms with van der Waals surface area (Å²) in [6.07, 6.45) is 5.59. The number of methoxy groups -OCH3 is 1. The molecule has 0 aliphatic carbocycles. The van der Waals surface area contributed by atoms with Crippen molar-refractivity contribution in [1.29, 1.82) is 0 Å². The fourth-order valence-corrected chi connectivity index (χ4v) is 5.93. The van der Waals surface area contributed by atoms with E-state index in [0.717, 1.165) is 40.2 Å². The van der Waals surface area contributed by atoms with Gasteiger partial charge in [-0.15, -0.1) is 0 Å². The third kappa shape index (κ3) is 4.64. The number of ether oxygens (including phenoxy) is 1. The molecule has 6 rings (SSSR count). The van der Waals surface area contributed by atoms with E-state index >= 15 is 0 Å². The highest BCUT2D eigenvalue weighted by molar-refractivity contribution is 5.95. The molecule has 2 aliphatic heterocycles. The van der Waals surface area contributed by atoms with Gasteiger partial charge in [0.1, 0.15) is 11.4 Å². The molecule has 0 saturated carbocycles. The van der Waals surface area contributed by atoms with Crippen LogP contribution in [0.4, 0.5) is 19.3 Å². The fourth-order valence-electron chi connectivity index (χ4n) is 5.93. The first kappa shape index (κ1) is 26.7. The lowest BCUT2D eigenvalue weighted by Crippen LogP contribution is -2.39. The summed E-state index contributed by atoms with van der Waals surface area (Å²) in [5.74, 6) is -1.48. The van der Waals surface area contributed by atoms with Crippen molar-refractivity contribution in [3.8, 4) is 11.1 Å². The van der Waals surface area contributed by atoms with Crippen LogP contribution in [0.3, 0.4) is 0 Å². The zero-order chi connectivity index (χ0) is 28.8. The minimum atomic E-state index is -1.02. The van der Waals surface area contributed by atoms with Gasteiger partial charge in [0.15, 0.2) is 11.6 Å². The lowest BCUT2D eigenvalue weighted by atomic mass is 9.93. The van der Waals surface area contributed by atoms with Crippen LogP contribution in [0.25, 0.3) is 22.3 Å². The number of halogens is 2. The van der Waals surface area contributed by atoms with Gasteiger partial charge < -0.3 is 19.1 Å². The van der Waals surface area contributed by atoms with Gasteiger partial charge in [-0.05, 0) is 68.5 Å². The number of pyridine rings is 1. The Balaban J connectivity index is 1.52. The third-order valence-electron chi connectivity index (χ3n) is 7.87. The van der Waals surface area contributed by atoms with Crippen molar-refractivity contribution in [2.45, 2.75) is 45.6 Å². The number of nitrogens with zero attached hydrogens (tertiary/aromatic N) is 5. The lowest BCUT2D eigenvalue weighted by molar-refractivity contribution is -0.120. The number of anilines is 1. The minimum Gasteiger partial charge on any atom is -0.453 e. The highest BCUT2D eigenvalue weighted by atomic mass is 19.2. The Hall–Kier alpha value is -4.54. The molecule has 1 unspecified atom stereocenters. The van der Waals surface area contributed by atoms with E-state index in [9.17, 15) is 18.4 Å². The number of rotatable bonds is 4. The molecule has 0 radical (unpaired) electrons. The predicted molar refractivity (Wildman–Crippen MR) is 147 cm³/mol. The lowest BCUT2D eigenvalue weighted by Gasteiger charge is -2.36. The Labute approximate surface area is 235 Å². The first-order chi connectivity index (χ1) is 19.8. The van der Waals surface area contributed by atoms with E-state index in [0.29, 0.717) is 55.9 Å². The van der Waals surface area contributed by atoms with Crippen LogP contribution >= 0.6 is 0 Å². The molecule has 1 fully saturated rings. The standard InChI is InChI=1S/C30H29F2N5O4/c1-17-27(18(2)41-34-17)20-11-14-36-25(15-20)33-28(29(36)19-9-12-35(13-10-19)30(39)40-3)24-5-4-6-26(38)37(24)21-7-8-22(31)23(32)16-21/h7-9,11,14-16,24H,4-6,10,12-13H2,1-3H3. The Morgan fingerprint density at radius 3 is 2.63 bits per heavy atom. The van der Waals surface area contributed by atoms with Crippen molar-refractivity contribution in [1.82, 2.24) is 19.4 Å². The summed E-state index contributed by atoms with van der Waals surface area (Å²) in [5, 5.41) is 4.08. The zero-order valence-corrected chi connectivity index (χ0v) is 23.0. The number of piperidine rings is 1. The van der Waals surface area contributed by atoms with Crippen LogP contribution in [0.2, 0.25) is 0 Å². The van der Waals surface area contributed by atoms with Gasteiger partial charge in [0.25, 0.3) is 0 Å². The number of hydrogen-bond acceptors (Lipinski definition) is 6. The molecule has 5 heterocycles. The molecule has 11 heteroatoms. The molecule has 0 bridgehead atoms. The number of carbonyl (C=O) groups excluding carboxylic acids is 2. The van der Waals surface area contributed by atoms with E-state index in [1.165, 1.54) is 18.1 Å². The molecule has 1 saturated heterocycles. The Morgan fingerprint density at radius 1 is 1.12 bits per heavy atom. The molecule has 41 heavy (non-hydrogen) atoms. The molecule has 1 aromatic carbocycles. The van der Waals surface area contributed by atoms with Gasteiger partial charge in [0.2, 0.25) is 5.91 Å². The number of imidazole rings is 1. The van der Waals surface area contributed by atoms with Crippen LogP contribution in [0.15, 0.2) is 47.1 Å². The van der Waals surface area contributed by atoms with Crippen molar-refractivity contribution in [2.75, 3.05) is 25.1 Å². The van der Waals surface area contributed by atoms with Gasteiger partial charge in [-0.2, -0.15) is 0 Å². The number of hydrogen-bond donors (Lipinski definition) is 0. The van der Waals surface area contributed by atoms with Crippen LogP contribution in [0.5, 0.6) is 0 Å². The molecule has 212 valence electrons. The van der Waals surface area contributed by atoms with Crippen LogP contribution in [0.1, 0.15) is 54.6 Å². The molecule has 2 aliphatic rings. The maximum absolute atomic E-state index is 14.3. The van der Waals surface area contributed by atoms with Crippen molar-refractivity contribution in [3.63, 3.8) is 0 Å². The van der Waals surface area contributed by atoms with Gasteiger partial charge in [0.05, 0.1) is 30.2 Å². The first-order valence-corrected chi connectivity index (χ1v) is 13.5. The average Bonchev–Trinajstić information content (AvgIpc) is 3.52. The van der Waals surface area contributed by atoms with Gasteiger partial charge in [-0.25, -0.2) is 18.6 Å². The van der Waals surface area contributed by atoms with Crippen LogP contribution < -0.4 is 4.90 Å². The summed E-state index contributed by atoms with van der Waals surface area (Å²) >= 11 is 0. The topological polar surface area (TPSA) is 93.2 Å². The summed E-state index contributed by atoms with van der Waals surface area (Å²) in [5.41, 5.74) is 5.95. The van der Waals surface area contributed by atoms with Crippen LogP contribution in [0, 0.1) is 25.5 Å². The normalized spacial score (nSPS) is 17.7. The Bertz CT molecular complexity index is 1690. The highest BCUT2D eigenvalue weighted by Crippen LogP contribution is 2.41. The fraction of sp³-hybridized carbons (Fsp3) is 0.333. The summed E-state index contributed by atoms with van der Waals surface area (Å²) in [6, 6.07) is 6.94. The van der Waals surface area contributed by atoms with Gasteiger partial charge in [-0.3, -0.25) is 9.20 Å². The highest BCUT2D eigenvalue weighted by Gasteiger charge is 2.36. The predicted octanol–water partition coefficient (Wildman–Crippen LogP) is 6.00. The van der Waals surface area contributed by atoms with Crippen molar-refractivity contribution in [2.24, 2.45) is 0 Å². The van der Waals surface area contributed by atoms with E-state index in [1.807, 2.05) is 42.7 Å². The summed E-state index contributed by atoms with van der Waals surface area (Å²) < 4.78 is 40.4. The summed E-state index contributed by atoms with van der Waals surface area (Å²) in [7, 11) is 1.35. The number of amides is 2. The number of fused-ring (bicyclic) bond motifs is 1. The summed E-state index contributed by atoms with van der Waals surface area (Å²) in [4.78, 5) is 33.6. The maximum atomic E-state index is 14.3. The largest absolute Gasteiger partial charge is 0.453 e. The molecule has 9 nitrogen and oxygen atoms in total. The Kier molecular flexibility index (Phi) is 6.80. The van der Waals surface area contributed by atoms with Crippen molar-refractivity contribution < 1.29 is 27.6 Å². The first-order valence-electron chi connectivity index (χ1n) is 13.5. The third-order valence-corrected chi connectivity index (χ3v) is 7.87. The second kappa shape index (κ2) is 10.5. The molecule has 1 atom stereocenters. The quantitative estimate of drug-likeness (QED) is 0.304. The van der Waals surface area contributed by atoms with Crippen LogP contribution in [-0.2, 0) is 9.53 Å². The molecule has 2 amide bonds. The van der Waals surface area contributed by atoms with E-state index in [1.54, 1.807) is 4.90 Å². The van der Waals surface area contributed by atoms with E-state index in [4.69, 9.17) is 14.2 Å².